The van der Waals surface area contributed by atoms with Gasteiger partial charge in [-0.2, -0.15) is 0 Å². The molecule has 0 saturated carbocycles. The maximum absolute atomic E-state index is 12.2. The van der Waals surface area contributed by atoms with Crippen LogP contribution in [0.2, 0.25) is 0 Å². The van der Waals surface area contributed by atoms with Crippen molar-refractivity contribution in [3.8, 4) is 0 Å². The molecule has 0 aromatic carbocycles. The lowest BCUT2D eigenvalue weighted by molar-refractivity contribution is -0.137. The molecule has 5 heteroatoms. The van der Waals surface area contributed by atoms with E-state index in [1.165, 1.54) is 4.90 Å². The Morgan fingerprint density at radius 1 is 1.53 bits per heavy atom. The number of aliphatic carboxylic acids is 1. The number of nitrogens with zero attached hydrogens (tertiary/aromatic N) is 2. The topological polar surface area (TPSA) is 60.9 Å². The first-order valence-corrected chi connectivity index (χ1v) is 5.94. The average Bonchev–Trinajstić information content (AvgIpc) is 2.28. The van der Waals surface area contributed by atoms with Gasteiger partial charge in [-0.05, 0) is 26.2 Å². The second-order valence-corrected chi connectivity index (χ2v) is 4.38. The predicted octanol–water partition coefficient (Wildman–Crippen LogP) is 1.55. The molecule has 5 nitrogen and oxygen atoms in total. The van der Waals surface area contributed by atoms with Crippen LogP contribution in [0.5, 0.6) is 0 Å². The van der Waals surface area contributed by atoms with Crippen molar-refractivity contribution in [1.82, 2.24) is 9.80 Å². The molecule has 1 N–H and O–H groups in total. The summed E-state index contributed by atoms with van der Waals surface area (Å²) >= 11 is 0. The highest BCUT2D eigenvalue weighted by Crippen LogP contribution is 2.18. The molecule has 1 rings (SSSR count). The molecule has 1 fully saturated rings. The zero-order valence-electron chi connectivity index (χ0n) is 10.3. The number of amides is 2. The van der Waals surface area contributed by atoms with Crippen molar-refractivity contribution in [2.24, 2.45) is 0 Å². The lowest BCUT2D eigenvalue weighted by atomic mass is 10.0. The van der Waals surface area contributed by atoms with Gasteiger partial charge in [0.05, 0.1) is 0 Å². The lowest BCUT2D eigenvalue weighted by Crippen LogP contribution is -2.50. The van der Waals surface area contributed by atoms with Crippen LogP contribution >= 0.6 is 0 Å². The maximum atomic E-state index is 12.2. The quantitative estimate of drug-likeness (QED) is 0.758. The molecule has 1 atom stereocenters. The van der Waals surface area contributed by atoms with Gasteiger partial charge in [0, 0.05) is 19.1 Å². The Bertz CT molecular complexity index is 304. The number of urea groups is 1. The number of carboxylic acids is 1. The third kappa shape index (κ3) is 3.76. The zero-order valence-corrected chi connectivity index (χ0v) is 10.3. The SMILES string of the molecule is C=CCN(CC(=O)O)C(=O)N1CCCCC1C. The first kappa shape index (κ1) is 13.5. The lowest BCUT2D eigenvalue weighted by Gasteiger charge is -2.36. The number of rotatable bonds is 4. The van der Waals surface area contributed by atoms with E-state index in [0.29, 0.717) is 6.54 Å². The number of piperidine rings is 1. The van der Waals surface area contributed by atoms with Gasteiger partial charge in [0.25, 0.3) is 0 Å². The van der Waals surface area contributed by atoms with Crippen LogP contribution in [-0.4, -0.2) is 52.6 Å². The Morgan fingerprint density at radius 2 is 2.24 bits per heavy atom. The number of hydrogen-bond acceptors (Lipinski definition) is 2. The van der Waals surface area contributed by atoms with Crippen LogP contribution < -0.4 is 0 Å². The number of carboxylic acid groups (broad SMARTS) is 1. The Kier molecular flexibility index (Phi) is 5.00. The third-order valence-electron chi connectivity index (χ3n) is 2.99. The van der Waals surface area contributed by atoms with Gasteiger partial charge in [0.15, 0.2) is 0 Å². The van der Waals surface area contributed by atoms with Gasteiger partial charge in [-0.15, -0.1) is 6.58 Å². The molecule has 1 saturated heterocycles. The van der Waals surface area contributed by atoms with Gasteiger partial charge < -0.3 is 14.9 Å². The molecular weight excluding hydrogens is 220 g/mol. The van der Waals surface area contributed by atoms with E-state index in [0.717, 1.165) is 19.3 Å². The molecule has 0 aromatic rings. The van der Waals surface area contributed by atoms with E-state index in [1.54, 1.807) is 11.0 Å². The molecule has 2 amide bonds. The van der Waals surface area contributed by atoms with Crippen molar-refractivity contribution < 1.29 is 14.7 Å². The van der Waals surface area contributed by atoms with Gasteiger partial charge >= 0.3 is 12.0 Å². The Labute approximate surface area is 102 Å². The van der Waals surface area contributed by atoms with Crippen molar-refractivity contribution in [3.05, 3.63) is 12.7 Å². The van der Waals surface area contributed by atoms with E-state index >= 15 is 0 Å². The van der Waals surface area contributed by atoms with E-state index in [4.69, 9.17) is 5.11 Å². The summed E-state index contributed by atoms with van der Waals surface area (Å²) in [5.41, 5.74) is 0. The zero-order chi connectivity index (χ0) is 12.8. The summed E-state index contributed by atoms with van der Waals surface area (Å²) in [4.78, 5) is 26.0. The van der Waals surface area contributed by atoms with Crippen molar-refractivity contribution in [2.75, 3.05) is 19.6 Å². The third-order valence-corrected chi connectivity index (χ3v) is 2.99. The number of likely N-dealkylation sites (tertiary alicyclic amines) is 1. The summed E-state index contributed by atoms with van der Waals surface area (Å²) in [7, 11) is 0. The summed E-state index contributed by atoms with van der Waals surface area (Å²) < 4.78 is 0. The Hall–Kier alpha value is -1.52. The normalized spacial score (nSPS) is 19.8. The van der Waals surface area contributed by atoms with Crippen molar-refractivity contribution in [3.63, 3.8) is 0 Å². The van der Waals surface area contributed by atoms with Crippen molar-refractivity contribution in [2.45, 2.75) is 32.2 Å². The van der Waals surface area contributed by atoms with Crippen LogP contribution in [0.4, 0.5) is 4.79 Å². The smallest absolute Gasteiger partial charge is 0.323 e. The van der Waals surface area contributed by atoms with Crippen LogP contribution in [0.1, 0.15) is 26.2 Å². The van der Waals surface area contributed by atoms with Crippen LogP contribution in [0.25, 0.3) is 0 Å². The van der Waals surface area contributed by atoms with Gasteiger partial charge in [-0.1, -0.05) is 6.08 Å². The van der Waals surface area contributed by atoms with E-state index in [9.17, 15) is 9.59 Å². The molecule has 0 aromatic heterocycles. The molecule has 1 heterocycles. The molecule has 0 aliphatic carbocycles. The fourth-order valence-corrected chi connectivity index (χ4v) is 2.09. The number of carbonyl (C=O) groups excluding carboxylic acids is 1. The van der Waals surface area contributed by atoms with E-state index in [2.05, 4.69) is 6.58 Å². The Morgan fingerprint density at radius 3 is 2.76 bits per heavy atom. The van der Waals surface area contributed by atoms with Gasteiger partial charge in [-0.3, -0.25) is 4.79 Å². The monoisotopic (exact) mass is 240 g/mol. The minimum atomic E-state index is -0.995. The van der Waals surface area contributed by atoms with E-state index < -0.39 is 5.97 Å². The molecule has 96 valence electrons. The molecule has 1 aliphatic rings. The highest BCUT2D eigenvalue weighted by Gasteiger charge is 2.27. The highest BCUT2D eigenvalue weighted by atomic mass is 16.4. The van der Waals surface area contributed by atoms with Crippen LogP contribution in [-0.2, 0) is 4.79 Å². The molecule has 1 unspecified atom stereocenters. The van der Waals surface area contributed by atoms with Crippen molar-refractivity contribution >= 4 is 12.0 Å². The second-order valence-electron chi connectivity index (χ2n) is 4.38. The summed E-state index contributed by atoms with van der Waals surface area (Å²) in [5, 5.41) is 8.78. The number of carbonyl (C=O) groups is 2. The first-order chi connectivity index (χ1) is 8.06. The standard InChI is InChI=1S/C12H20N2O3/c1-3-7-13(9-11(15)16)12(17)14-8-5-4-6-10(14)2/h3,10H,1,4-9H2,2H3,(H,15,16). The maximum Gasteiger partial charge on any atom is 0.323 e. The molecule has 0 bridgehead atoms. The van der Waals surface area contributed by atoms with Gasteiger partial charge in [-0.25, -0.2) is 4.79 Å². The number of hydrogen-bond donors (Lipinski definition) is 1. The summed E-state index contributed by atoms with van der Waals surface area (Å²) in [6.45, 7) is 6.27. The average molecular weight is 240 g/mol. The molecule has 0 spiro atoms. The van der Waals surface area contributed by atoms with Crippen LogP contribution in [0.15, 0.2) is 12.7 Å². The Balaban J connectivity index is 2.68. The van der Waals surface area contributed by atoms with Crippen molar-refractivity contribution in [1.29, 1.82) is 0 Å². The fraction of sp³-hybridized carbons (Fsp3) is 0.667. The summed E-state index contributed by atoms with van der Waals surface area (Å²) in [5.74, 6) is -0.995. The van der Waals surface area contributed by atoms with Crippen LogP contribution in [0.3, 0.4) is 0 Å². The summed E-state index contributed by atoms with van der Waals surface area (Å²) in [6.07, 6.45) is 4.66. The predicted molar refractivity (Wildman–Crippen MR) is 64.8 cm³/mol. The largest absolute Gasteiger partial charge is 0.480 e. The fourth-order valence-electron chi connectivity index (χ4n) is 2.09. The van der Waals surface area contributed by atoms with Crippen LogP contribution in [0, 0.1) is 0 Å². The second kappa shape index (κ2) is 6.27. The molecule has 17 heavy (non-hydrogen) atoms. The molecule has 1 aliphatic heterocycles. The minimum Gasteiger partial charge on any atom is -0.480 e. The first-order valence-electron chi connectivity index (χ1n) is 5.94. The van der Waals surface area contributed by atoms with Gasteiger partial charge in [0.1, 0.15) is 6.54 Å². The van der Waals surface area contributed by atoms with E-state index in [-0.39, 0.29) is 25.2 Å². The summed E-state index contributed by atoms with van der Waals surface area (Å²) in [6, 6.07) is -0.00291. The molecular formula is C12H20N2O3. The minimum absolute atomic E-state index is 0.192. The van der Waals surface area contributed by atoms with E-state index in [1.807, 2.05) is 6.92 Å². The molecule has 0 radical (unpaired) electrons. The van der Waals surface area contributed by atoms with Gasteiger partial charge in [0.2, 0.25) is 0 Å². The highest BCUT2D eigenvalue weighted by molar-refractivity contribution is 5.80.